The van der Waals surface area contributed by atoms with E-state index in [1.807, 2.05) is 30.3 Å². The van der Waals surface area contributed by atoms with Crippen LogP contribution in [0.1, 0.15) is 10.4 Å². The Hall–Kier alpha value is -4.04. The third-order valence-electron chi connectivity index (χ3n) is 5.25. The maximum atomic E-state index is 13.2. The minimum absolute atomic E-state index is 0.0203. The second-order valence-electron chi connectivity index (χ2n) is 7.21. The molecule has 0 amide bonds. The van der Waals surface area contributed by atoms with Crippen LogP contribution in [0.25, 0.3) is 21.9 Å². The molecular weight excluding hydrogens is 442 g/mol. The molecule has 0 aliphatic carbocycles. The lowest BCUT2D eigenvalue weighted by Gasteiger charge is -2.16. The summed E-state index contributed by atoms with van der Waals surface area (Å²) in [7, 11) is -1.10. The summed E-state index contributed by atoms with van der Waals surface area (Å²) in [6, 6.07) is 21.9. The van der Waals surface area contributed by atoms with Gasteiger partial charge in [-0.3, -0.25) is 4.72 Å². The van der Waals surface area contributed by atoms with Crippen LogP contribution in [-0.4, -0.2) is 33.7 Å². The molecule has 168 valence electrons. The Kier molecular flexibility index (Phi) is 5.93. The fourth-order valence-corrected chi connectivity index (χ4v) is 4.89. The zero-order valence-electron chi connectivity index (χ0n) is 17.9. The normalized spacial score (nSPS) is 11.2. The molecule has 4 aromatic rings. The number of anilines is 1. The van der Waals surface area contributed by atoms with Crippen LogP contribution in [-0.2, 0) is 10.0 Å². The largest absolute Gasteiger partial charge is 0.497 e. The quantitative estimate of drug-likeness (QED) is 0.399. The molecule has 33 heavy (non-hydrogen) atoms. The first kappa shape index (κ1) is 22.2. The fourth-order valence-electron chi connectivity index (χ4n) is 3.66. The molecule has 0 heterocycles. The van der Waals surface area contributed by atoms with Gasteiger partial charge in [0.1, 0.15) is 16.4 Å². The van der Waals surface area contributed by atoms with Gasteiger partial charge in [0.05, 0.1) is 25.5 Å². The summed E-state index contributed by atoms with van der Waals surface area (Å²) in [4.78, 5) is 11.4. The van der Waals surface area contributed by atoms with Crippen molar-refractivity contribution >= 4 is 32.5 Å². The standard InChI is InChI=1S/C25H21NO6S/c1-31-18-10-13-24(23(15-18)32-2)33(29,30)26-22-12-11-19(20-8-3-4-9-21(20)22)16-6-5-7-17(14-16)25(27)28/h3-15,26H,1-2H3,(H,27,28). The number of ether oxygens (including phenoxy) is 2. The molecule has 4 aromatic carbocycles. The molecule has 0 bridgehead atoms. The van der Waals surface area contributed by atoms with Gasteiger partial charge in [-0.25, -0.2) is 13.2 Å². The minimum atomic E-state index is -3.98. The van der Waals surface area contributed by atoms with Crippen molar-refractivity contribution in [1.82, 2.24) is 0 Å². The van der Waals surface area contributed by atoms with Crippen molar-refractivity contribution in [3.05, 3.63) is 84.4 Å². The Morgan fingerprint density at radius 1 is 0.848 bits per heavy atom. The number of carboxylic acids is 1. The van der Waals surface area contributed by atoms with E-state index in [0.717, 1.165) is 16.5 Å². The number of benzene rings is 4. The average molecular weight is 464 g/mol. The number of methoxy groups -OCH3 is 2. The lowest BCUT2D eigenvalue weighted by Crippen LogP contribution is -2.14. The summed E-state index contributed by atoms with van der Waals surface area (Å²) >= 11 is 0. The molecular formula is C25H21NO6S. The Bertz CT molecular complexity index is 1460. The highest BCUT2D eigenvalue weighted by Gasteiger charge is 2.22. The Morgan fingerprint density at radius 3 is 2.30 bits per heavy atom. The third kappa shape index (κ3) is 4.33. The Balaban J connectivity index is 1.80. The van der Waals surface area contributed by atoms with E-state index in [-0.39, 0.29) is 16.2 Å². The van der Waals surface area contributed by atoms with Crippen molar-refractivity contribution in [2.24, 2.45) is 0 Å². The number of carbonyl (C=O) groups is 1. The van der Waals surface area contributed by atoms with E-state index in [1.54, 1.807) is 30.3 Å². The lowest BCUT2D eigenvalue weighted by molar-refractivity contribution is 0.0697. The van der Waals surface area contributed by atoms with Crippen LogP contribution in [0.4, 0.5) is 5.69 Å². The highest BCUT2D eigenvalue weighted by atomic mass is 32.2. The van der Waals surface area contributed by atoms with Gasteiger partial charge in [-0.2, -0.15) is 0 Å². The molecule has 0 radical (unpaired) electrons. The van der Waals surface area contributed by atoms with Crippen LogP contribution in [0.3, 0.4) is 0 Å². The molecule has 0 spiro atoms. The number of hydrogen-bond acceptors (Lipinski definition) is 5. The molecule has 2 N–H and O–H groups in total. The van der Waals surface area contributed by atoms with E-state index >= 15 is 0 Å². The summed E-state index contributed by atoms with van der Waals surface area (Å²) in [5, 5.41) is 10.8. The van der Waals surface area contributed by atoms with Gasteiger partial charge in [0.15, 0.2) is 0 Å². The maximum Gasteiger partial charge on any atom is 0.335 e. The van der Waals surface area contributed by atoms with Crippen molar-refractivity contribution in [3.63, 3.8) is 0 Å². The molecule has 0 aromatic heterocycles. The van der Waals surface area contributed by atoms with Gasteiger partial charge in [-0.15, -0.1) is 0 Å². The van der Waals surface area contributed by atoms with Crippen LogP contribution in [0, 0.1) is 0 Å². The second kappa shape index (κ2) is 8.84. The highest BCUT2D eigenvalue weighted by Crippen LogP contribution is 2.36. The second-order valence-corrected chi connectivity index (χ2v) is 8.87. The SMILES string of the molecule is COc1ccc(S(=O)(=O)Nc2ccc(-c3cccc(C(=O)O)c3)c3ccccc23)c(OC)c1. The molecule has 0 atom stereocenters. The number of hydrogen-bond donors (Lipinski definition) is 2. The summed E-state index contributed by atoms with van der Waals surface area (Å²) < 4.78 is 39.5. The van der Waals surface area contributed by atoms with Gasteiger partial charge in [0.25, 0.3) is 10.0 Å². The van der Waals surface area contributed by atoms with Gasteiger partial charge in [0.2, 0.25) is 0 Å². The number of rotatable bonds is 7. The van der Waals surface area contributed by atoms with Crippen LogP contribution in [0.2, 0.25) is 0 Å². The summed E-state index contributed by atoms with van der Waals surface area (Å²) in [6.07, 6.45) is 0. The first-order chi connectivity index (χ1) is 15.8. The molecule has 0 aliphatic rings. The maximum absolute atomic E-state index is 13.2. The van der Waals surface area contributed by atoms with Crippen LogP contribution < -0.4 is 14.2 Å². The molecule has 7 nitrogen and oxygen atoms in total. The van der Waals surface area contributed by atoms with Crippen molar-refractivity contribution in [3.8, 4) is 22.6 Å². The number of carboxylic acid groups (broad SMARTS) is 1. The van der Waals surface area contributed by atoms with Gasteiger partial charge in [-0.05, 0) is 46.8 Å². The molecule has 0 aliphatic heterocycles. The minimum Gasteiger partial charge on any atom is -0.497 e. The lowest BCUT2D eigenvalue weighted by atomic mass is 9.96. The summed E-state index contributed by atoms with van der Waals surface area (Å²) in [6.45, 7) is 0. The Morgan fingerprint density at radius 2 is 1.61 bits per heavy atom. The smallest absolute Gasteiger partial charge is 0.335 e. The number of aromatic carboxylic acids is 1. The zero-order chi connectivity index (χ0) is 23.6. The third-order valence-corrected chi connectivity index (χ3v) is 6.65. The molecule has 0 unspecified atom stereocenters. The van der Waals surface area contributed by atoms with E-state index in [1.165, 1.54) is 32.4 Å². The van der Waals surface area contributed by atoms with E-state index in [2.05, 4.69) is 4.72 Å². The Labute approximate surface area is 191 Å². The monoisotopic (exact) mass is 463 g/mol. The number of fused-ring (bicyclic) bond motifs is 1. The van der Waals surface area contributed by atoms with Gasteiger partial charge in [0, 0.05) is 11.5 Å². The van der Waals surface area contributed by atoms with Gasteiger partial charge in [-0.1, -0.05) is 42.5 Å². The highest BCUT2D eigenvalue weighted by molar-refractivity contribution is 7.92. The first-order valence-electron chi connectivity index (χ1n) is 9.94. The van der Waals surface area contributed by atoms with E-state index in [0.29, 0.717) is 16.8 Å². The molecule has 0 saturated heterocycles. The molecule has 8 heteroatoms. The zero-order valence-corrected chi connectivity index (χ0v) is 18.7. The molecule has 0 saturated carbocycles. The van der Waals surface area contributed by atoms with Crippen LogP contribution in [0.15, 0.2) is 83.8 Å². The van der Waals surface area contributed by atoms with E-state index < -0.39 is 16.0 Å². The topological polar surface area (TPSA) is 102 Å². The van der Waals surface area contributed by atoms with Crippen molar-refractivity contribution in [1.29, 1.82) is 0 Å². The van der Waals surface area contributed by atoms with E-state index in [4.69, 9.17) is 9.47 Å². The average Bonchev–Trinajstić information content (AvgIpc) is 2.83. The predicted octanol–water partition coefficient (Wildman–Crippen LogP) is 5.02. The van der Waals surface area contributed by atoms with Gasteiger partial charge < -0.3 is 14.6 Å². The molecule has 4 rings (SSSR count). The van der Waals surface area contributed by atoms with Gasteiger partial charge >= 0.3 is 5.97 Å². The summed E-state index contributed by atoms with van der Waals surface area (Å²) in [5.74, 6) is -0.378. The first-order valence-corrected chi connectivity index (χ1v) is 11.4. The van der Waals surface area contributed by atoms with E-state index in [9.17, 15) is 18.3 Å². The fraction of sp³-hybridized carbons (Fsp3) is 0.0800. The molecule has 0 fully saturated rings. The van der Waals surface area contributed by atoms with Crippen LogP contribution in [0.5, 0.6) is 11.5 Å². The predicted molar refractivity (Wildman–Crippen MR) is 127 cm³/mol. The van der Waals surface area contributed by atoms with Crippen molar-refractivity contribution < 1.29 is 27.8 Å². The van der Waals surface area contributed by atoms with Crippen LogP contribution >= 0.6 is 0 Å². The summed E-state index contributed by atoms with van der Waals surface area (Å²) in [5.41, 5.74) is 2.07. The number of sulfonamides is 1. The van der Waals surface area contributed by atoms with Crippen molar-refractivity contribution in [2.75, 3.05) is 18.9 Å². The van der Waals surface area contributed by atoms with Crippen molar-refractivity contribution in [2.45, 2.75) is 4.90 Å². The number of nitrogens with one attached hydrogen (secondary N) is 1.